The monoisotopic (exact) mass is 410 g/mol. The van der Waals surface area contributed by atoms with Crippen molar-refractivity contribution in [2.75, 3.05) is 39.8 Å². The zero-order valence-electron chi connectivity index (χ0n) is 18.0. The lowest BCUT2D eigenvalue weighted by atomic mass is 9.92. The average molecular weight is 411 g/mol. The molecule has 0 saturated carbocycles. The first-order valence-electron chi connectivity index (χ1n) is 11.3. The van der Waals surface area contributed by atoms with Crippen LogP contribution in [-0.4, -0.2) is 81.6 Å². The number of H-pyrrole nitrogens is 1. The number of rotatable bonds is 7. The van der Waals surface area contributed by atoms with Crippen molar-refractivity contribution in [2.45, 2.75) is 44.7 Å². The molecule has 2 fully saturated rings. The van der Waals surface area contributed by atoms with Gasteiger partial charge in [-0.25, -0.2) is 0 Å². The van der Waals surface area contributed by atoms with Crippen LogP contribution < -0.4 is 0 Å². The minimum Gasteiger partial charge on any atom is -0.345 e. The summed E-state index contributed by atoms with van der Waals surface area (Å²) in [5.74, 6) is 0.443. The minimum atomic E-state index is 0.140. The van der Waals surface area contributed by atoms with E-state index in [2.05, 4.69) is 31.0 Å². The zero-order chi connectivity index (χ0) is 20.8. The first-order valence-corrected chi connectivity index (χ1v) is 11.3. The molecule has 2 aliphatic rings. The highest BCUT2D eigenvalue weighted by Crippen LogP contribution is 2.25. The average Bonchev–Trinajstić information content (AvgIpc) is 3.32. The van der Waals surface area contributed by atoms with Crippen LogP contribution in [0.15, 0.2) is 36.9 Å². The Morgan fingerprint density at radius 2 is 2.07 bits per heavy atom. The largest absolute Gasteiger partial charge is 0.345 e. The topological polar surface area (TPSA) is 68.4 Å². The number of likely N-dealkylation sites (tertiary alicyclic amines) is 2. The summed E-state index contributed by atoms with van der Waals surface area (Å²) < 4.78 is 0. The quantitative estimate of drug-likeness (QED) is 0.758. The number of nitrogens with one attached hydrogen (secondary N) is 1. The second kappa shape index (κ2) is 10.2. The number of nitrogens with zero attached hydrogens (tertiary/aromatic N) is 5. The van der Waals surface area contributed by atoms with E-state index in [1.54, 1.807) is 0 Å². The van der Waals surface area contributed by atoms with Crippen LogP contribution in [0.3, 0.4) is 0 Å². The predicted octanol–water partition coefficient (Wildman–Crippen LogP) is 2.18. The molecule has 4 rings (SSSR count). The van der Waals surface area contributed by atoms with Gasteiger partial charge in [-0.3, -0.25) is 24.7 Å². The van der Waals surface area contributed by atoms with Gasteiger partial charge in [-0.05, 0) is 68.9 Å². The zero-order valence-corrected chi connectivity index (χ0v) is 18.0. The molecule has 0 unspecified atom stereocenters. The summed E-state index contributed by atoms with van der Waals surface area (Å²) in [5.41, 5.74) is 2.44. The Kier molecular flexibility index (Phi) is 7.12. The lowest BCUT2D eigenvalue weighted by molar-refractivity contribution is -0.136. The molecule has 2 saturated heterocycles. The van der Waals surface area contributed by atoms with Crippen LogP contribution in [0.4, 0.5) is 0 Å². The maximum absolute atomic E-state index is 13.0. The van der Waals surface area contributed by atoms with Crippen LogP contribution in [0.25, 0.3) is 0 Å². The van der Waals surface area contributed by atoms with Gasteiger partial charge in [-0.1, -0.05) is 6.07 Å². The second-order valence-electron chi connectivity index (χ2n) is 8.82. The fourth-order valence-corrected chi connectivity index (χ4v) is 4.87. The Hall–Kier alpha value is -2.25. The molecule has 162 valence electrons. The Balaban J connectivity index is 1.23. The van der Waals surface area contributed by atoms with E-state index in [1.165, 1.54) is 18.4 Å². The minimum absolute atomic E-state index is 0.140. The fourth-order valence-electron chi connectivity index (χ4n) is 4.87. The number of amides is 1. The molecule has 0 radical (unpaired) electrons. The summed E-state index contributed by atoms with van der Waals surface area (Å²) in [5, 5.41) is 6.82. The first-order chi connectivity index (χ1) is 14.7. The number of piperidine rings is 2. The van der Waals surface area contributed by atoms with Gasteiger partial charge in [0.15, 0.2) is 0 Å². The molecule has 2 aromatic heterocycles. The van der Waals surface area contributed by atoms with Crippen molar-refractivity contribution in [1.82, 2.24) is 29.9 Å². The number of carbonyl (C=O) groups excluding carboxylic acids is 1. The van der Waals surface area contributed by atoms with Gasteiger partial charge in [0.2, 0.25) is 5.91 Å². The number of carbonyl (C=O) groups is 1. The van der Waals surface area contributed by atoms with E-state index in [1.807, 2.05) is 42.8 Å². The molecule has 0 aliphatic carbocycles. The predicted molar refractivity (Wildman–Crippen MR) is 117 cm³/mol. The van der Waals surface area contributed by atoms with E-state index >= 15 is 0 Å². The van der Waals surface area contributed by atoms with E-state index in [0.29, 0.717) is 11.9 Å². The number of pyridine rings is 1. The summed E-state index contributed by atoms with van der Waals surface area (Å²) in [6.07, 6.45) is 12.9. The molecule has 0 spiro atoms. The van der Waals surface area contributed by atoms with Crippen molar-refractivity contribution < 1.29 is 4.79 Å². The van der Waals surface area contributed by atoms with Gasteiger partial charge in [0.05, 0.1) is 12.1 Å². The van der Waals surface area contributed by atoms with Crippen molar-refractivity contribution in [2.24, 2.45) is 5.92 Å². The third-order valence-corrected chi connectivity index (χ3v) is 6.67. The van der Waals surface area contributed by atoms with Gasteiger partial charge < -0.3 is 4.90 Å². The molecule has 1 N–H and O–H groups in total. The summed E-state index contributed by atoms with van der Waals surface area (Å²) >= 11 is 0. The first kappa shape index (κ1) is 21.0. The lowest BCUT2D eigenvalue weighted by Gasteiger charge is -2.42. The maximum Gasteiger partial charge on any atom is 0.226 e. The smallest absolute Gasteiger partial charge is 0.226 e. The molecule has 7 heteroatoms. The van der Waals surface area contributed by atoms with Crippen LogP contribution in [0.2, 0.25) is 0 Å². The van der Waals surface area contributed by atoms with E-state index in [0.717, 1.165) is 64.1 Å². The van der Waals surface area contributed by atoms with Crippen LogP contribution in [0.1, 0.15) is 36.8 Å². The van der Waals surface area contributed by atoms with E-state index < -0.39 is 0 Å². The maximum atomic E-state index is 13.0. The number of hydrogen-bond acceptors (Lipinski definition) is 5. The standard InChI is InChI=1S/C23H34N6O/c1-27(11-6-19-15-25-26-16-19)23(30)21-5-3-10-29(18-21)22-7-12-28(13-8-22)17-20-4-2-9-24-14-20/h2,4,9,14-16,21-22H,3,5-8,10-13,17-18H2,1H3,(H,25,26)/t21-/m0/s1. The molecular weight excluding hydrogens is 376 g/mol. The molecule has 0 aromatic carbocycles. The molecule has 2 aliphatic heterocycles. The fraction of sp³-hybridized carbons (Fsp3) is 0.609. The lowest BCUT2D eigenvalue weighted by Crippen LogP contribution is -2.51. The second-order valence-corrected chi connectivity index (χ2v) is 8.82. The van der Waals surface area contributed by atoms with Crippen molar-refractivity contribution in [3.63, 3.8) is 0 Å². The summed E-state index contributed by atoms with van der Waals surface area (Å²) in [6.45, 7) is 6.04. The molecular formula is C23H34N6O. The van der Waals surface area contributed by atoms with Crippen LogP contribution in [-0.2, 0) is 17.8 Å². The van der Waals surface area contributed by atoms with Gasteiger partial charge >= 0.3 is 0 Å². The highest BCUT2D eigenvalue weighted by atomic mass is 16.2. The van der Waals surface area contributed by atoms with Crippen LogP contribution >= 0.6 is 0 Å². The van der Waals surface area contributed by atoms with Gasteiger partial charge in [-0.2, -0.15) is 5.10 Å². The summed E-state index contributed by atoms with van der Waals surface area (Å²) in [7, 11) is 1.94. The van der Waals surface area contributed by atoms with E-state index in [9.17, 15) is 4.79 Å². The van der Waals surface area contributed by atoms with Gasteiger partial charge in [-0.15, -0.1) is 0 Å². The molecule has 4 heterocycles. The van der Waals surface area contributed by atoms with Crippen LogP contribution in [0.5, 0.6) is 0 Å². The molecule has 2 aromatic rings. The molecule has 1 amide bonds. The number of likely N-dealkylation sites (N-methyl/N-ethyl adjacent to an activating group) is 1. The normalized spacial score (nSPS) is 21.6. The SMILES string of the molecule is CN(CCc1cn[nH]c1)C(=O)[C@H]1CCCN(C2CCN(Cc3cccnc3)CC2)C1. The molecule has 7 nitrogen and oxygen atoms in total. The number of aromatic nitrogens is 3. The van der Waals surface area contributed by atoms with Gasteiger partial charge in [0.1, 0.15) is 0 Å². The Bertz CT molecular complexity index is 772. The summed E-state index contributed by atoms with van der Waals surface area (Å²) in [6, 6.07) is 4.78. The number of aromatic amines is 1. The number of hydrogen-bond donors (Lipinski definition) is 1. The van der Waals surface area contributed by atoms with Crippen molar-refractivity contribution >= 4 is 5.91 Å². The highest BCUT2D eigenvalue weighted by Gasteiger charge is 2.32. The highest BCUT2D eigenvalue weighted by molar-refractivity contribution is 5.79. The molecule has 0 bridgehead atoms. The van der Waals surface area contributed by atoms with Gasteiger partial charge in [0.25, 0.3) is 0 Å². The van der Waals surface area contributed by atoms with Crippen molar-refractivity contribution in [3.8, 4) is 0 Å². The van der Waals surface area contributed by atoms with Crippen molar-refractivity contribution in [1.29, 1.82) is 0 Å². The Morgan fingerprint density at radius 1 is 1.20 bits per heavy atom. The van der Waals surface area contributed by atoms with E-state index in [4.69, 9.17) is 0 Å². The molecule has 30 heavy (non-hydrogen) atoms. The van der Waals surface area contributed by atoms with Gasteiger partial charge in [0, 0.05) is 51.3 Å². The Labute approximate surface area is 179 Å². The Morgan fingerprint density at radius 3 is 2.80 bits per heavy atom. The van der Waals surface area contributed by atoms with E-state index in [-0.39, 0.29) is 5.92 Å². The molecule has 1 atom stereocenters. The third-order valence-electron chi connectivity index (χ3n) is 6.67. The summed E-state index contributed by atoms with van der Waals surface area (Å²) in [4.78, 5) is 24.3. The van der Waals surface area contributed by atoms with Crippen LogP contribution in [0, 0.1) is 5.92 Å². The third kappa shape index (κ3) is 5.46. The van der Waals surface area contributed by atoms with Crippen molar-refractivity contribution in [3.05, 3.63) is 48.0 Å².